The Balaban J connectivity index is 2.55. The van der Waals surface area contributed by atoms with Crippen LogP contribution in [0.1, 0.15) is 5.69 Å². The van der Waals surface area contributed by atoms with Crippen LogP contribution in [0.3, 0.4) is 0 Å². The molecule has 0 aliphatic rings. The fourth-order valence-corrected chi connectivity index (χ4v) is 1.53. The van der Waals surface area contributed by atoms with Crippen molar-refractivity contribution in [3.8, 4) is 0 Å². The number of aromatic amines is 1. The lowest BCUT2D eigenvalue weighted by molar-refractivity contribution is -0.384. The molecule has 0 aliphatic heterocycles. The molecule has 1 aromatic carbocycles. The van der Waals surface area contributed by atoms with Crippen molar-refractivity contribution in [1.29, 1.82) is 0 Å². The smallest absolute Gasteiger partial charge is 0.270 e. The normalized spacial score (nSPS) is 11.3. The van der Waals surface area contributed by atoms with Crippen LogP contribution in [0.4, 0.5) is 5.69 Å². The third-order valence-corrected chi connectivity index (χ3v) is 2.38. The summed E-state index contributed by atoms with van der Waals surface area (Å²) < 4.78 is 0. The minimum atomic E-state index is -0.418. The van der Waals surface area contributed by atoms with Gasteiger partial charge in [0.15, 0.2) is 0 Å². The first-order valence-electron chi connectivity index (χ1n) is 4.62. The van der Waals surface area contributed by atoms with Crippen LogP contribution < -0.4 is 0 Å². The summed E-state index contributed by atoms with van der Waals surface area (Å²) in [4.78, 5) is 10.2. The molecule has 5 nitrogen and oxygen atoms in total. The predicted molar refractivity (Wildman–Crippen MR) is 65.6 cm³/mol. The highest BCUT2D eigenvalue weighted by molar-refractivity contribution is 7.80. The van der Waals surface area contributed by atoms with Gasteiger partial charge < -0.3 is 0 Å². The van der Waals surface area contributed by atoms with E-state index in [4.69, 9.17) is 0 Å². The number of nitro groups is 1. The lowest BCUT2D eigenvalue weighted by Gasteiger charge is -1.92. The molecule has 82 valence electrons. The van der Waals surface area contributed by atoms with Crippen molar-refractivity contribution in [2.45, 2.75) is 0 Å². The fourth-order valence-electron chi connectivity index (χ4n) is 1.43. The summed E-state index contributed by atoms with van der Waals surface area (Å²) in [5, 5.41) is 18.2. The molecule has 2 aromatic rings. The number of hydrogen-bond acceptors (Lipinski definition) is 4. The Bertz CT molecular complexity index is 562. The van der Waals surface area contributed by atoms with Crippen LogP contribution in [0.15, 0.2) is 24.3 Å². The number of nitrogens with zero attached hydrogens (tertiary/aromatic N) is 2. The summed E-state index contributed by atoms with van der Waals surface area (Å²) >= 11 is 4.05. The van der Waals surface area contributed by atoms with Crippen molar-refractivity contribution in [2.24, 2.45) is 0 Å². The Kier molecular flexibility index (Phi) is 2.91. The van der Waals surface area contributed by atoms with E-state index in [0.29, 0.717) is 11.3 Å². The van der Waals surface area contributed by atoms with Gasteiger partial charge in [0.05, 0.1) is 16.1 Å². The maximum Gasteiger partial charge on any atom is 0.270 e. The summed E-state index contributed by atoms with van der Waals surface area (Å²) in [6, 6.07) is 4.58. The molecule has 0 fully saturated rings. The minimum absolute atomic E-state index is 0.0643. The van der Waals surface area contributed by atoms with Crippen LogP contribution >= 0.6 is 12.6 Å². The lowest BCUT2D eigenvalue weighted by atomic mass is 10.2. The molecule has 2 rings (SSSR count). The van der Waals surface area contributed by atoms with E-state index in [9.17, 15) is 10.1 Å². The number of non-ortho nitro benzene ring substituents is 1. The molecule has 0 saturated carbocycles. The topological polar surface area (TPSA) is 71.8 Å². The van der Waals surface area contributed by atoms with Crippen LogP contribution in [-0.4, -0.2) is 20.9 Å². The number of benzene rings is 1. The molecule has 0 bridgehead atoms. The highest BCUT2D eigenvalue weighted by Crippen LogP contribution is 2.22. The van der Waals surface area contributed by atoms with Gasteiger partial charge in [-0.25, -0.2) is 0 Å². The third kappa shape index (κ3) is 1.92. The van der Waals surface area contributed by atoms with Crippen molar-refractivity contribution in [3.05, 3.63) is 40.1 Å². The number of fused-ring (bicyclic) bond motifs is 1. The number of H-pyrrole nitrogens is 1. The molecule has 0 unspecified atom stereocenters. The van der Waals surface area contributed by atoms with Gasteiger partial charge in [-0.05, 0) is 12.1 Å². The average molecular weight is 235 g/mol. The Morgan fingerprint density at radius 3 is 3.06 bits per heavy atom. The molecule has 1 aromatic heterocycles. The Hall–Kier alpha value is -1.82. The molecule has 0 aliphatic carbocycles. The van der Waals surface area contributed by atoms with Crippen molar-refractivity contribution in [1.82, 2.24) is 10.2 Å². The van der Waals surface area contributed by atoms with Crippen LogP contribution in [0.5, 0.6) is 0 Å². The van der Waals surface area contributed by atoms with E-state index in [1.165, 1.54) is 12.1 Å². The van der Waals surface area contributed by atoms with Crippen LogP contribution in [0.2, 0.25) is 0 Å². The van der Waals surface area contributed by atoms with E-state index in [1.54, 1.807) is 6.07 Å². The second-order valence-corrected chi connectivity index (χ2v) is 3.55. The first-order chi connectivity index (χ1) is 7.72. The number of thiol groups is 1. The molecular weight excluding hydrogens is 226 g/mol. The van der Waals surface area contributed by atoms with E-state index in [0.717, 1.165) is 11.1 Å². The summed E-state index contributed by atoms with van der Waals surface area (Å²) in [5.41, 5.74) is 1.53. The van der Waals surface area contributed by atoms with Crippen LogP contribution in [0, 0.1) is 10.1 Å². The summed E-state index contributed by atoms with van der Waals surface area (Å²) in [6.07, 6.45) is 3.65. The molecule has 16 heavy (non-hydrogen) atoms. The van der Waals surface area contributed by atoms with Crippen molar-refractivity contribution in [2.75, 3.05) is 5.75 Å². The van der Waals surface area contributed by atoms with Crippen molar-refractivity contribution < 1.29 is 4.92 Å². The number of nitro benzene ring substituents is 1. The first-order valence-corrected chi connectivity index (χ1v) is 5.25. The number of rotatable bonds is 3. The van der Waals surface area contributed by atoms with Gasteiger partial charge in [0, 0.05) is 23.3 Å². The van der Waals surface area contributed by atoms with Gasteiger partial charge in [0.2, 0.25) is 0 Å². The summed E-state index contributed by atoms with van der Waals surface area (Å²) in [7, 11) is 0. The largest absolute Gasteiger partial charge is 0.277 e. The maximum atomic E-state index is 10.6. The second kappa shape index (κ2) is 4.36. The zero-order valence-electron chi connectivity index (χ0n) is 8.25. The molecule has 1 N–H and O–H groups in total. The van der Waals surface area contributed by atoms with Gasteiger partial charge in [0.25, 0.3) is 5.69 Å². The van der Waals surface area contributed by atoms with Gasteiger partial charge in [-0.2, -0.15) is 17.7 Å². The molecule has 0 spiro atoms. The summed E-state index contributed by atoms with van der Waals surface area (Å²) in [5.74, 6) is 0.607. The maximum absolute atomic E-state index is 10.6. The quantitative estimate of drug-likeness (QED) is 0.487. The molecule has 6 heteroatoms. The van der Waals surface area contributed by atoms with E-state index >= 15 is 0 Å². The second-order valence-electron chi connectivity index (χ2n) is 3.18. The Labute approximate surface area is 96.7 Å². The molecular formula is C10H9N3O2S. The predicted octanol–water partition coefficient (Wildman–Crippen LogP) is 2.41. The van der Waals surface area contributed by atoms with Gasteiger partial charge in [-0.15, -0.1) is 0 Å². The lowest BCUT2D eigenvalue weighted by Crippen LogP contribution is -1.86. The number of nitrogens with one attached hydrogen (secondary N) is 1. The molecule has 0 saturated heterocycles. The van der Waals surface area contributed by atoms with Gasteiger partial charge >= 0.3 is 0 Å². The van der Waals surface area contributed by atoms with Gasteiger partial charge in [-0.1, -0.05) is 6.08 Å². The highest BCUT2D eigenvalue weighted by Gasteiger charge is 2.09. The molecule has 0 amide bonds. The Morgan fingerprint density at radius 2 is 2.38 bits per heavy atom. The fraction of sp³-hybridized carbons (Fsp3) is 0.100. The monoisotopic (exact) mass is 235 g/mol. The molecule has 1 heterocycles. The van der Waals surface area contributed by atoms with Gasteiger partial charge in [-0.3, -0.25) is 15.2 Å². The molecule has 0 radical (unpaired) electrons. The van der Waals surface area contributed by atoms with Crippen molar-refractivity contribution in [3.63, 3.8) is 0 Å². The Morgan fingerprint density at radius 1 is 1.56 bits per heavy atom. The molecule has 0 atom stereocenters. The summed E-state index contributed by atoms with van der Waals surface area (Å²) in [6.45, 7) is 0. The van der Waals surface area contributed by atoms with Crippen LogP contribution in [-0.2, 0) is 0 Å². The van der Waals surface area contributed by atoms with E-state index in [-0.39, 0.29) is 5.69 Å². The third-order valence-electron chi connectivity index (χ3n) is 2.17. The van der Waals surface area contributed by atoms with E-state index < -0.39 is 4.92 Å². The zero-order chi connectivity index (χ0) is 11.5. The van der Waals surface area contributed by atoms with Crippen LogP contribution in [0.25, 0.3) is 17.0 Å². The minimum Gasteiger partial charge on any atom is -0.277 e. The van der Waals surface area contributed by atoms with E-state index in [1.807, 2.05) is 12.2 Å². The number of aromatic nitrogens is 2. The van der Waals surface area contributed by atoms with Crippen molar-refractivity contribution >= 4 is 35.3 Å². The highest BCUT2D eigenvalue weighted by atomic mass is 32.1. The number of hydrogen-bond donors (Lipinski definition) is 2. The average Bonchev–Trinajstić information content (AvgIpc) is 2.68. The standard InChI is InChI=1S/C10H9N3O2S/c14-13(15)7-3-4-10-8(6-7)9(11-12-10)2-1-5-16/h1-4,6,16H,5H2,(H,11,12). The van der Waals surface area contributed by atoms with Gasteiger partial charge in [0.1, 0.15) is 0 Å². The first kappa shape index (κ1) is 10.7. The van der Waals surface area contributed by atoms with E-state index in [2.05, 4.69) is 22.8 Å². The zero-order valence-corrected chi connectivity index (χ0v) is 9.15. The SMILES string of the molecule is O=[N+]([O-])c1ccc2n[nH]c(C=CCS)c2c1.